The van der Waals surface area contributed by atoms with Gasteiger partial charge in [0.05, 0.1) is 9.95 Å². The highest BCUT2D eigenvalue weighted by atomic mass is 35.5. The van der Waals surface area contributed by atoms with Gasteiger partial charge in [-0.2, -0.15) is 0 Å². The van der Waals surface area contributed by atoms with Gasteiger partial charge in [0.2, 0.25) is 0 Å². The fourth-order valence-corrected chi connectivity index (χ4v) is 2.43. The van der Waals surface area contributed by atoms with Crippen molar-refractivity contribution in [3.63, 3.8) is 0 Å². The van der Waals surface area contributed by atoms with Crippen molar-refractivity contribution in [2.24, 2.45) is 11.8 Å². The molecule has 1 aromatic rings. The second kappa shape index (κ2) is 5.66. The molecule has 6 nitrogen and oxygen atoms in total. The van der Waals surface area contributed by atoms with Crippen LogP contribution in [0.5, 0.6) is 0 Å². The molecule has 1 saturated carbocycles. The molecule has 0 bridgehead atoms. The molecular weight excluding hydrogens is 282 g/mol. The molecule has 1 fully saturated rings. The Morgan fingerprint density at radius 2 is 2.20 bits per heavy atom. The minimum Gasteiger partial charge on any atom is -0.381 e. The van der Waals surface area contributed by atoms with Crippen molar-refractivity contribution in [3.05, 3.63) is 32.8 Å². The molecule has 1 aromatic carbocycles. The van der Waals surface area contributed by atoms with Gasteiger partial charge in [-0.1, -0.05) is 18.5 Å². The van der Waals surface area contributed by atoms with E-state index in [2.05, 4.69) is 17.6 Å². The number of carbonyl (C=O) groups excluding carboxylic acids is 1. The molecule has 108 valence electrons. The Labute approximate surface area is 121 Å². The fraction of sp³-hybridized carbons (Fsp3) is 0.462. The molecule has 2 atom stereocenters. The van der Waals surface area contributed by atoms with Gasteiger partial charge in [-0.3, -0.25) is 14.9 Å². The number of nitrogens with one attached hydrogen (secondary N) is 2. The van der Waals surface area contributed by atoms with Crippen LogP contribution in [-0.2, 0) is 0 Å². The third-order valence-electron chi connectivity index (χ3n) is 3.58. The lowest BCUT2D eigenvalue weighted by Gasteiger charge is -2.08. The van der Waals surface area contributed by atoms with E-state index in [-0.39, 0.29) is 27.9 Å². The first-order valence-corrected chi connectivity index (χ1v) is 6.75. The second-order valence-corrected chi connectivity index (χ2v) is 5.45. The first-order valence-electron chi connectivity index (χ1n) is 6.38. The van der Waals surface area contributed by atoms with E-state index in [0.717, 1.165) is 6.42 Å². The molecule has 0 radical (unpaired) electrons. The molecule has 1 amide bonds. The molecule has 2 N–H and O–H groups in total. The smallest absolute Gasteiger partial charge is 0.294 e. The summed E-state index contributed by atoms with van der Waals surface area (Å²) in [6.07, 6.45) is 1.11. The van der Waals surface area contributed by atoms with E-state index in [9.17, 15) is 14.9 Å². The summed E-state index contributed by atoms with van der Waals surface area (Å²) in [7, 11) is 1.54. The first-order chi connectivity index (χ1) is 9.43. The van der Waals surface area contributed by atoms with Gasteiger partial charge in [0.15, 0.2) is 0 Å². The average molecular weight is 298 g/mol. The van der Waals surface area contributed by atoms with E-state index in [1.54, 1.807) is 7.05 Å². The number of benzene rings is 1. The molecule has 0 heterocycles. The van der Waals surface area contributed by atoms with Gasteiger partial charge in [0.1, 0.15) is 5.69 Å². The number of amides is 1. The number of carbonyl (C=O) groups is 1. The maximum Gasteiger partial charge on any atom is 0.294 e. The predicted molar refractivity (Wildman–Crippen MR) is 77.3 cm³/mol. The zero-order chi connectivity index (χ0) is 14.9. The average Bonchev–Trinajstić information content (AvgIpc) is 3.10. The van der Waals surface area contributed by atoms with Crippen LogP contribution in [0.15, 0.2) is 12.1 Å². The molecule has 7 heteroatoms. The van der Waals surface area contributed by atoms with Crippen molar-refractivity contribution in [1.82, 2.24) is 5.32 Å². The molecule has 0 aliphatic heterocycles. The van der Waals surface area contributed by atoms with Crippen LogP contribution < -0.4 is 10.6 Å². The summed E-state index contributed by atoms with van der Waals surface area (Å²) in [5.41, 5.74) is 0.211. The summed E-state index contributed by atoms with van der Waals surface area (Å²) in [5, 5.41) is 16.6. The third-order valence-corrected chi connectivity index (χ3v) is 3.88. The van der Waals surface area contributed by atoms with Crippen molar-refractivity contribution in [2.75, 3.05) is 18.9 Å². The van der Waals surface area contributed by atoms with Gasteiger partial charge < -0.3 is 10.6 Å². The Morgan fingerprint density at radius 3 is 2.70 bits per heavy atom. The number of nitrogens with zero attached hydrogens (tertiary/aromatic N) is 1. The van der Waals surface area contributed by atoms with Crippen molar-refractivity contribution < 1.29 is 9.72 Å². The highest BCUT2D eigenvalue weighted by molar-refractivity contribution is 6.34. The number of hydrogen-bond acceptors (Lipinski definition) is 4. The van der Waals surface area contributed by atoms with E-state index in [1.807, 2.05) is 0 Å². The summed E-state index contributed by atoms with van der Waals surface area (Å²) in [4.78, 5) is 22.4. The highest BCUT2D eigenvalue weighted by Crippen LogP contribution is 2.37. The first kappa shape index (κ1) is 14.6. The van der Waals surface area contributed by atoms with E-state index in [1.165, 1.54) is 12.1 Å². The van der Waals surface area contributed by atoms with Crippen LogP contribution in [-0.4, -0.2) is 24.4 Å². The van der Waals surface area contributed by atoms with Crippen LogP contribution >= 0.6 is 11.6 Å². The minimum absolute atomic E-state index is 0.159. The van der Waals surface area contributed by atoms with Crippen LogP contribution in [0.25, 0.3) is 0 Å². The Hall–Kier alpha value is -1.82. The standard InChI is InChI=1S/C13H16ClN3O3/c1-7-3-9(7)6-16-13(18)8-4-10(14)12(15-2)11(5-8)17(19)20/h4-5,7,9,15H,3,6H2,1-2H3,(H,16,18). The molecule has 20 heavy (non-hydrogen) atoms. The normalized spacial score (nSPS) is 20.4. The fourth-order valence-electron chi connectivity index (χ4n) is 2.12. The van der Waals surface area contributed by atoms with Crippen LogP contribution in [0.3, 0.4) is 0 Å². The monoisotopic (exact) mass is 297 g/mol. The number of nitro groups is 1. The number of rotatable bonds is 5. The van der Waals surface area contributed by atoms with E-state index in [0.29, 0.717) is 18.4 Å². The van der Waals surface area contributed by atoms with Gasteiger partial charge in [-0.15, -0.1) is 0 Å². The molecule has 0 saturated heterocycles. The van der Waals surface area contributed by atoms with Crippen LogP contribution in [0.2, 0.25) is 5.02 Å². The maximum atomic E-state index is 12.0. The SMILES string of the molecule is CNc1c(Cl)cc(C(=O)NCC2CC2C)cc1[N+](=O)[O-]. The summed E-state index contributed by atoms with van der Waals surface area (Å²) in [6, 6.07) is 2.68. The Kier molecular flexibility index (Phi) is 4.13. The zero-order valence-electron chi connectivity index (χ0n) is 11.3. The molecule has 1 aliphatic rings. The second-order valence-electron chi connectivity index (χ2n) is 5.04. The summed E-state index contributed by atoms with van der Waals surface area (Å²) < 4.78 is 0. The van der Waals surface area contributed by atoms with E-state index >= 15 is 0 Å². The van der Waals surface area contributed by atoms with Gasteiger partial charge in [-0.25, -0.2) is 0 Å². The summed E-state index contributed by atoms with van der Waals surface area (Å²) >= 11 is 5.97. The summed E-state index contributed by atoms with van der Waals surface area (Å²) in [5.74, 6) is 0.817. The Balaban J connectivity index is 2.18. The van der Waals surface area contributed by atoms with Crippen LogP contribution in [0.1, 0.15) is 23.7 Å². The third kappa shape index (κ3) is 3.01. The predicted octanol–water partition coefficient (Wildman–Crippen LogP) is 2.68. The number of halogens is 1. The van der Waals surface area contributed by atoms with Gasteiger partial charge in [0, 0.05) is 25.2 Å². The Morgan fingerprint density at radius 1 is 1.55 bits per heavy atom. The zero-order valence-corrected chi connectivity index (χ0v) is 12.0. The highest BCUT2D eigenvalue weighted by Gasteiger charge is 2.32. The lowest BCUT2D eigenvalue weighted by molar-refractivity contribution is -0.383. The summed E-state index contributed by atoms with van der Waals surface area (Å²) in [6.45, 7) is 2.72. The van der Waals surface area contributed by atoms with Gasteiger partial charge in [-0.05, 0) is 24.3 Å². The van der Waals surface area contributed by atoms with Crippen LogP contribution in [0.4, 0.5) is 11.4 Å². The number of nitro benzene ring substituents is 1. The minimum atomic E-state index is -0.558. The molecule has 2 unspecified atom stereocenters. The van der Waals surface area contributed by atoms with Crippen molar-refractivity contribution in [1.29, 1.82) is 0 Å². The van der Waals surface area contributed by atoms with Crippen molar-refractivity contribution in [3.8, 4) is 0 Å². The molecule has 0 aromatic heterocycles. The van der Waals surface area contributed by atoms with Gasteiger partial charge in [0.25, 0.3) is 11.6 Å². The molecule has 2 rings (SSSR count). The van der Waals surface area contributed by atoms with E-state index in [4.69, 9.17) is 11.6 Å². The van der Waals surface area contributed by atoms with Gasteiger partial charge >= 0.3 is 0 Å². The van der Waals surface area contributed by atoms with E-state index < -0.39 is 4.92 Å². The van der Waals surface area contributed by atoms with Crippen molar-refractivity contribution >= 4 is 28.9 Å². The number of anilines is 1. The topological polar surface area (TPSA) is 84.3 Å². The molecular formula is C13H16ClN3O3. The molecule has 1 aliphatic carbocycles. The lowest BCUT2D eigenvalue weighted by atomic mass is 10.1. The van der Waals surface area contributed by atoms with Crippen molar-refractivity contribution in [2.45, 2.75) is 13.3 Å². The molecule has 0 spiro atoms. The maximum absolute atomic E-state index is 12.0. The number of hydrogen-bond donors (Lipinski definition) is 2. The lowest BCUT2D eigenvalue weighted by Crippen LogP contribution is -2.26. The van der Waals surface area contributed by atoms with Crippen LogP contribution in [0, 0.1) is 22.0 Å². The Bertz CT molecular complexity index is 562. The quantitative estimate of drug-likeness (QED) is 0.646. The largest absolute Gasteiger partial charge is 0.381 e.